The Morgan fingerprint density at radius 1 is 1.38 bits per heavy atom. The van der Waals surface area contributed by atoms with Crippen LogP contribution in [0.3, 0.4) is 0 Å². The van der Waals surface area contributed by atoms with Crippen molar-refractivity contribution >= 4 is 28.5 Å². The number of hydrogen-bond acceptors (Lipinski definition) is 5. The maximum absolute atomic E-state index is 12.8. The number of ether oxygens (including phenoxy) is 1. The summed E-state index contributed by atoms with van der Waals surface area (Å²) in [6, 6.07) is -0.925. The van der Waals surface area contributed by atoms with Crippen LogP contribution in [0.5, 0.6) is 0 Å². The van der Waals surface area contributed by atoms with Crippen molar-refractivity contribution in [1.82, 2.24) is 10.3 Å². The van der Waals surface area contributed by atoms with Crippen molar-refractivity contribution in [2.24, 2.45) is 0 Å². The smallest absolute Gasteiger partial charge is 0.428 e. The molecule has 0 atom stereocenters. The van der Waals surface area contributed by atoms with Crippen molar-refractivity contribution in [3.05, 3.63) is 10.6 Å². The second-order valence-corrected chi connectivity index (χ2v) is 4.48. The Bertz CT molecular complexity index is 518. The van der Waals surface area contributed by atoms with Crippen LogP contribution in [-0.2, 0) is 10.9 Å². The van der Waals surface area contributed by atoms with E-state index in [0.717, 1.165) is 0 Å². The Hall–Kier alpha value is -1.91. The topological polar surface area (TPSA) is 80.3 Å². The van der Waals surface area contributed by atoms with E-state index >= 15 is 0 Å². The minimum Gasteiger partial charge on any atom is -0.461 e. The minimum atomic E-state index is -4.81. The molecule has 6 nitrogen and oxygen atoms in total. The third kappa shape index (κ3) is 4.85. The monoisotopic (exact) mass is 329 g/mol. The number of esters is 1. The molecule has 0 bridgehead atoms. The molecule has 1 aromatic rings. The normalized spacial score (nSPS) is 11.1. The molecule has 0 aromatic carbocycles. The number of rotatable bonds is 5. The summed E-state index contributed by atoms with van der Waals surface area (Å²) >= 11 is 0.0798. The number of nitrogens with zero attached hydrogens (tertiary/aromatic N) is 1. The third-order valence-corrected chi connectivity index (χ3v) is 2.97. The van der Waals surface area contributed by atoms with Crippen LogP contribution in [-0.4, -0.2) is 36.8 Å². The fraction of sp³-hybridized carbons (Fsp3) is 0.500. The Morgan fingerprint density at radius 3 is 2.57 bits per heavy atom. The number of thiazole rings is 1. The molecule has 2 amide bonds. The molecule has 0 aliphatic carbocycles. The van der Waals surface area contributed by atoms with Crippen LogP contribution in [0.25, 0.3) is 0 Å². The van der Waals surface area contributed by atoms with Crippen LogP contribution in [0.1, 0.15) is 22.3 Å². The Kier molecular flexibility index (Phi) is 5.88. The van der Waals surface area contributed by atoms with Gasteiger partial charge in [-0.2, -0.15) is 13.2 Å². The summed E-state index contributed by atoms with van der Waals surface area (Å²) in [4.78, 5) is 24.8. The van der Waals surface area contributed by atoms with Crippen molar-refractivity contribution in [3.63, 3.8) is 0 Å². The number of hydrogen-bond donors (Lipinski definition) is 2. The van der Waals surface area contributed by atoms with Gasteiger partial charge < -0.3 is 10.1 Å². The van der Waals surface area contributed by atoms with E-state index in [4.69, 9.17) is 0 Å². The molecule has 0 radical (unpaired) electrons. The van der Waals surface area contributed by atoms with Crippen molar-refractivity contribution < 1.29 is 31.9 Å². The SMILES string of the molecule is CCOC(=O)c1nc(NC(=O)NCCF)sc1C(F)(F)F. The summed E-state index contributed by atoms with van der Waals surface area (Å²) in [7, 11) is 0. The first-order valence-electron chi connectivity index (χ1n) is 5.65. The standard InChI is InChI=1S/C10H11F4N3O3S/c1-2-20-7(18)5-6(10(12,13)14)21-9(16-5)17-8(19)15-4-3-11/h2-4H2,1H3,(H2,15,16,17,19). The van der Waals surface area contributed by atoms with Gasteiger partial charge in [-0.15, -0.1) is 0 Å². The van der Waals surface area contributed by atoms with Gasteiger partial charge in [-0.1, -0.05) is 11.3 Å². The quantitative estimate of drug-likeness (QED) is 0.642. The molecule has 0 aliphatic heterocycles. The van der Waals surface area contributed by atoms with Gasteiger partial charge in [0.05, 0.1) is 6.61 Å². The number of carbonyl (C=O) groups is 2. The zero-order valence-electron chi connectivity index (χ0n) is 10.7. The number of carbonyl (C=O) groups excluding carboxylic acids is 2. The molecular weight excluding hydrogens is 318 g/mol. The number of halogens is 4. The van der Waals surface area contributed by atoms with Gasteiger partial charge in [-0.05, 0) is 6.92 Å². The highest BCUT2D eigenvalue weighted by Gasteiger charge is 2.40. The Morgan fingerprint density at radius 2 is 2.05 bits per heavy atom. The lowest BCUT2D eigenvalue weighted by Gasteiger charge is -2.04. The number of aromatic nitrogens is 1. The highest BCUT2D eigenvalue weighted by atomic mass is 32.1. The lowest BCUT2D eigenvalue weighted by atomic mass is 10.3. The molecular formula is C10H11F4N3O3S. The Balaban J connectivity index is 2.98. The summed E-state index contributed by atoms with van der Waals surface area (Å²) in [6.45, 7) is 0.190. The first-order valence-corrected chi connectivity index (χ1v) is 6.47. The van der Waals surface area contributed by atoms with Crippen molar-refractivity contribution in [3.8, 4) is 0 Å². The number of alkyl halides is 4. The van der Waals surface area contributed by atoms with E-state index in [0.29, 0.717) is 0 Å². The van der Waals surface area contributed by atoms with E-state index in [-0.39, 0.29) is 24.5 Å². The third-order valence-electron chi connectivity index (χ3n) is 1.95. The van der Waals surface area contributed by atoms with Crippen molar-refractivity contribution in [2.45, 2.75) is 13.1 Å². The zero-order chi connectivity index (χ0) is 16.0. The van der Waals surface area contributed by atoms with Gasteiger partial charge in [0.2, 0.25) is 0 Å². The van der Waals surface area contributed by atoms with E-state index < -0.39 is 40.6 Å². The van der Waals surface area contributed by atoms with Crippen molar-refractivity contribution in [1.29, 1.82) is 0 Å². The number of nitrogens with one attached hydrogen (secondary N) is 2. The largest absolute Gasteiger partial charge is 0.461 e. The van der Waals surface area contributed by atoms with Crippen molar-refractivity contribution in [2.75, 3.05) is 25.1 Å². The molecule has 11 heteroatoms. The summed E-state index contributed by atoms with van der Waals surface area (Å²) < 4.78 is 54.7. The van der Waals surface area contributed by atoms with E-state index in [1.807, 2.05) is 10.6 Å². The van der Waals surface area contributed by atoms with Crippen LogP contribution in [0, 0.1) is 0 Å². The molecule has 0 fully saturated rings. The van der Waals surface area contributed by atoms with Crippen LogP contribution in [0.4, 0.5) is 27.5 Å². The summed E-state index contributed by atoms with van der Waals surface area (Å²) in [5.74, 6) is -1.24. The molecule has 2 N–H and O–H groups in total. The lowest BCUT2D eigenvalue weighted by molar-refractivity contribution is -0.135. The average Bonchev–Trinajstić information content (AvgIpc) is 2.80. The van der Waals surface area contributed by atoms with E-state index in [9.17, 15) is 27.2 Å². The molecule has 21 heavy (non-hydrogen) atoms. The second-order valence-electron chi connectivity index (χ2n) is 3.48. The first-order chi connectivity index (χ1) is 9.79. The molecule has 0 saturated carbocycles. The van der Waals surface area contributed by atoms with E-state index in [1.165, 1.54) is 6.92 Å². The van der Waals surface area contributed by atoms with Gasteiger partial charge >= 0.3 is 18.2 Å². The molecule has 1 heterocycles. The summed E-state index contributed by atoms with van der Waals surface area (Å²) in [6.07, 6.45) is -4.81. The predicted octanol–water partition coefficient (Wildman–Crippen LogP) is 2.43. The average molecular weight is 329 g/mol. The van der Waals surface area contributed by atoms with Gasteiger partial charge in [-0.3, -0.25) is 5.32 Å². The molecule has 0 saturated heterocycles. The minimum absolute atomic E-state index is 0.0798. The van der Waals surface area contributed by atoms with Gasteiger partial charge in [-0.25, -0.2) is 19.0 Å². The highest BCUT2D eigenvalue weighted by molar-refractivity contribution is 7.16. The molecule has 0 unspecified atom stereocenters. The lowest BCUT2D eigenvalue weighted by Crippen LogP contribution is -2.30. The van der Waals surface area contributed by atoms with Gasteiger partial charge in [0, 0.05) is 6.54 Å². The summed E-state index contributed by atoms with van der Waals surface area (Å²) in [5, 5.41) is 3.59. The van der Waals surface area contributed by atoms with E-state index in [2.05, 4.69) is 9.72 Å². The van der Waals surface area contributed by atoms with Gasteiger partial charge in [0.1, 0.15) is 11.6 Å². The molecule has 118 valence electrons. The predicted molar refractivity (Wildman–Crippen MR) is 66.1 cm³/mol. The maximum Gasteiger partial charge on any atom is 0.428 e. The van der Waals surface area contributed by atoms with Crippen LogP contribution in [0.2, 0.25) is 0 Å². The fourth-order valence-electron chi connectivity index (χ4n) is 1.21. The number of amides is 2. The van der Waals surface area contributed by atoms with Crippen LogP contribution < -0.4 is 10.6 Å². The number of anilines is 1. The van der Waals surface area contributed by atoms with Crippen LogP contribution >= 0.6 is 11.3 Å². The first kappa shape index (κ1) is 17.1. The Labute approximate surface area is 120 Å². The zero-order valence-corrected chi connectivity index (χ0v) is 11.5. The van der Waals surface area contributed by atoms with E-state index in [1.54, 1.807) is 0 Å². The van der Waals surface area contributed by atoms with Crippen LogP contribution in [0.15, 0.2) is 0 Å². The fourth-order valence-corrected chi connectivity index (χ4v) is 2.02. The van der Waals surface area contributed by atoms with Gasteiger partial charge in [0.25, 0.3) is 0 Å². The van der Waals surface area contributed by atoms with Gasteiger partial charge in [0.15, 0.2) is 10.8 Å². The maximum atomic E-state index is 12.8. The molecule has 1 rings (SSSR count). The number of urea groups is 1. The summed E-state index contributed by atoms with van der Waals surface area (Å²) in [5.41, 5.74) is -0.921. The second kappa shape index (κ2) is 7.20. The molecule has 0 spiro atoms. The molecule has 1 aromatic heterocycles. The highest BCUT2D eigenvalue weighted by Crippen LogP contribution is 2.38. The molecule has 0 aliphatic rings.